The molecule has 0 saturated carbocycles. The van der Waals surface area contributed by atoms with Crippen molar-refractivity contribution in [3.05, 3.63) is 40.0 Å². The van der Waals surface area contributed by atoms with Gasteiger partial charge in [-0.2, -0.15) is 0 Å². The van der Waals surface area contributed by atoms with E-state index in [4.69, 9.17) is 27.9 Å². The van der Waals surface area contributed by atoms with Gasteiger partial charge < -0.3 is 9.64 Å². The smallest absolute Gasteiger partial charge is 0.233 e. The van der Waals surface area contributed by atoms with Gasteiger partial charge in [-0.3, -0.25) is 0 Å². The maximum atomic E-state index is 6.16. The van der Waals surface area contributed by atoms with E-state index < -0.39 is 0 Å². The number of halogens is 3. The first-order valence-electron chi connectivity index (χ1n) is 8.95. The zero-order chi connectivity index (χ0) is 17.8. The number of nitrogens with zero attached hydrogens (tertiary/aromatic N) is 3. The summed E-state index contributed by atoms with van der Waals surface area (Å²) < 4.78 is 7.79. The third-order valence-corrected chi connectivity index (χ3v) is 5.26. The van der Waals surface area contributed by atoms with Crippen LogP contribution in [0.2, 0.25) is 10.0 Å². The second kappa shape index (κ2) is 9.84. The van der Waals surface area contributed by atoms with Crippen LogP contribution < -0.4 is 4.74 Å². The Kier molecular flexibility index (Phi) is 8.08. The third-order valence-electron chi connectivity index (χ3n) is 4.52. The Hall–Kier alpha value is -0.940. The molecule has 0 atom stereocenters. The first kappa shape index (κ1) is 21.4. The van der Waals surface area contributed by atoms with E-state index in [-0.39, 0.29) is 12.4 Å². The zero-order valence-electron chi connectivity index (χ0n) is 15.3. The van der Waals surface area contributed by atoms with Crippen LogP contribution in [-0.4, -0.2) is 40.9 Å². The van der Waals surface area contributed by atoms with E-state index in [1.807, 2.05) is 22.9 Å². The largest absolute Gasteiger partial charge is 0.477 e. The van der Waals surface area contributed by atoms with Crippen LogP contribution in [0, 0.1) is 0 Å². The lowest BCUT2D eigenvalue weighted by molar-refractivity contribution is 0.256. The molecule has 1 aliphatic heterocycles. The molecule has 0 aliphatic carbocycles. The molecule has 1 aromatic heterocycles. The Morgan fingerprint density at radius 1 is 1.12 bits per heavy atom. The highest BCUT2D eigenvalue weighted by atomic mass is 35.5. The van der Waals surface area contributed by atoms with Gasteiger partial charge in [0.25, 0.3) is 0 Å². The van der Waals surface area contributed by atoms with Crippen LogP contribution in [0.25, 0.3) is 5.69 Å². The van der Waals surface area contributed by atoms with Crippen LogP contribution in [0.15, 0.2) is 24.3 Å². The number of hydrogen-bond acceptors (Lipinski definition) is 3. The molecule has 4 nitrogen and oxygen atoms in total. The lowest BCUT2D eigenvalue weighted by atomic mass is 10.1. The molecule has 1 aromatic carbocycles. The summed E-state index contributed by atoms with van der Waals surface area (Å²) in [5, 5.41) is 5.69. The van der Waals surface area contributed by atoms with Gasteiger partial charge >= 0.3 is 0 Å². The van der Waals surface area contributed by atoms with E-state index in [1.165, 1.54) is 25.9 Å². The van der Waals surface area contributed by atoms with Crippen molar-refractivity contribution in [2.75, 3.05) is 26.2 Å². The number of benzene rings is 1. The van der Waals surface area contributed by atoms with Gasteiger partial charge in [0.1, 0.15) is 0 Å². The van der Waals surface area contributed by atoms with Gasteiger partial charge in [-0.15, -0.1) is 17.5 Å². The van der Waals surface area contributed by atoms with Crippen LogP contribution in [0.3, 0.4) is 0 Å². The molecule has 1 saturated heterocycles. The Labute approximate surface area is 171 Å². The monoisotopic (exact) mass is 417 g/mol. The molecule has 2 heterocycles. The summed E-state index contributed by atoms with van der Waals surface area (Å²) in [6.45, 7) is 8.52. The van der Waals surface area contributed by atoms with Crippen LogP contribution in [-0.2, 0) is 0 Å². The summed E-state index contributed by atoms with van der Waals surface area (Å²) >= 11 is 12.2. The molecular formula is C19H26Cl3N3O. The van der Waals surface area contributed by atoms with Gasteiger partial charge in [0.2, 0.25) is 5.88 Å². The molecule has 0 radical (unpaired) electrons. The Morgan fingerprint density at radius 2 is 1.85 bits per heavy atom. The van der Waals surface area contributed by atoms with E-state index in [2.05, 4.69) is 23.8 Å². The van der Waals surface area contributed by atoms with Crippen molar-refractivity contribution >= 4 is 35.6 Å². The highest BCUT2D eigenvalue weighted by Crippen LogP contribution is 2.28. The molecule has 1 aliphatic rings. The predicted octanol–water partition coefficient (Wildman–Crippen LogP) is 5.59. The summed E-state index contributed by atoms with van der Waals surface area (Å²) in [7, 11) is 0. The molecule has 26 heavy (non-hydrogen) atoms. The second-order valence-electron chi connectivity index (χ2n) is 6.82. The summed E-state index contributed by atoms with van der Waals surface area (Å²) in [6, 6.07) is 7.56. The topological polar surface area (TPSA) is 30.3 Å². The fraction of sp³-hybridized carbons (Fsp3) is 0.526. The fourth-order valence-electron chi connectivity index (χ4n) is 3.15. The van der Waals surface area contributed by atoms with Gasteiger partial charge in [-0.25, -0.2) is 4.68 Å². The Balaban J connectivity index is 0.00000243. The summed E-state index contributed by atoms with van der Waals surface area (Å²) in [5.74, 6) is 0.986. The number of hydrogen-bond donors (Lipinski definition) is 0. The lowest BCUT2D eigenvalue weighted by Gasteiger charge is -2.13. The van der Waals surface area contributed by atoms with Crippen LogP contribution in [0.5, 0.6) is 5.88 Å². The van der Waals surface area contributed by atoms with Crippen molar-refractivity contribution in [3.63, 3.8) is 0 Å². The zero-order valence-corrected chi connectivity index (χ0v) is 17.6. The standard InChI is InChI=1S/C19H25Cl2N3O.ClH/c1-14(2)18-13-19(25-11-5-10-23-8-3-4-9-23)22-24(18)15-6-7-16(20)17(21)12-15;/h6-7,12-14H,3-5,8-11H2,1-2H3;1H. The maximum Gasteiger partial charge on any atom is 0.233 e. The van der Waals surface area contributed by atoms with E-state index in [0.717, 1.165) is 24.3 Å². The third kappa shape index (κ3) is 5.29. The molecule has 7 heteroatoms. The number of ether oxygens (including phenoxy) is 1. The van der Waals surface area contributed by atoms with Gasteiger partial charge in [0.15, 0.2) is 0 Å². The lowest BCUT2D eigenvalue weighted by Crippen LogP contribution is -2.21. The van der Waals surface area contributed by atoms with Crippen molar-refractivity contribution in [3.8, 4) is 11.6 Å². The average Bonchev–Trinajstić information content (AvgIpc) is 3.23. The first-order valence-corrected chi connectivity index (χ1v) is 9.70. The number of rotatable bonds is 7. The molecule has 144 valence electrons. The van der Waals surface area contributed by atoms with Crippen molar-refractivity contribution < 1.29 is 4.74 Å². The quantitative estimate of drug-likeness (QED) is 0.549. The number of aromatic nitrogens is 2. The highest BCUT2D eigenvalue weighted by molar-refractivity contribution is 6.42. The summed E-state index contributed by atoms with van der Waals surface area (Å²) in [6.07, 6.45) is 3.68. The van der Waals surface area contributed by atoms with E-state index in [0.29, 0.717) is 28.5 Å². The molecule has 0 amide bonds. The first-order chi connectivity index (χ1) is 12.0. The Morgan fingerprint density at radius 3 is 2.50 bits per heavy atom. The van der Waals surface area contributed by atoms with Crippen molar-refractivity contribution in [1.29, 1.82) is 0 Å². The minimum Gasteiger partial charge on any atom is -0.477 e. The van der Waals surface area contributed by atoms with Crippen molar-refractivity contribution in [2.24, 2.45) is 0 Å². The van der Waals surface area contributed by atoms with Crippen LogP contribution in [0.1, 0.15) is 44.7 Å². The SMILES string of the molecule is CC(C)c1cc(OCCCN2CCCC2)nn1-c1ccc(Cl)c(Cl)c1.Cl. The maximum absolute atomic E-state index is 6.16. The minimum absolute atomic E-state index is 0. The second-order valence-corrected chi connectivity index (χ2v) is 7.64. The van der Waals surface area contributed by atoms with Gasteiger partial charge in [0, 0.05) is 12.6 Å². The summed E-state index contributed by atoms with van der Waals surface area (Å²) in [5.41, 5.74) is 1.98. The van der Waals surface area contributed by atoms with Gasteiger partial charge in [-0.1, -0.05) is 37.0 Å². The molecule has 0 bridgehead atoms. The molecule has 0 spiro atoms. The van der Waals surface area contributed by atoms with Crippen molar-refractivity contribution in [2.45, 2.75) is 39.0 Å². The normalized spacial score (nSPS) is 14.7. The molecule has 2 aromatic rings. The van der Waals surface area contributed by atoms with Gasteiger partial charge in [-0.05, 0) is 56.5 Å². The summed E-state index contributed by atoms with van der Waals surface area (Å²) in [4.78, 5) is 2.50. The van der Waals surface area contributed by atoms with Crippen LogP contribution >= 0.6 is 35.6 Å². The molecule has 3 rings (SSSR count). The van der Waals surface area contributed by atoms with Crippen molar-refractivity contribution in [1.82, 2.24) is 14.7 Å². The van der Waals surface area contributed by atoms with E-state index >= 15 is 0 Å². The molecule has 1 fully saturated rings. The van der Waals surface area contributed by atoms with E-state index in [1.54, 1.807) is 6.07 Å². The minimum atomic E-state index is 0. The van der Waals surface area contributed by atoms with Gasteiger partial charge in [0.05, 0.1) is 28.0 Å². The van der Waals surface area contributed by atoms with Crippen LogP contribution in [0.4, 0.5) is 0 Å². The average molecular weight is 419 g/mol. The molecular weight excluding hydrogens is 393 g/mol. The number of likely N-dealkylation sites (tertiary alicyclic amines) is 1. The molecule has 0 N–H and O–H groups in total. The Bertz CT molecular complexity index is 712. The highest BCUT2D eigenvalue weighted by Gasteiger charge is 2.15. The fourth-order valence-corrected chi connectivity index (χ4v) is 3.44. The predicted molar refractivity (Wildman–Crippen MR) is 111 cm³/mol. The van der Waals surface area contributed by atoms with E-state index in [9.17, 15) is 0 Å². The molecule has 0 unspecified atom stereocenters.